The highest BCUT2D eigenvalue weighted by atomic mass is 16.5. The summed E-state index contributed by atoms with van der Waals surface area (Å²) in [5.74, 6) is 1.49. The highest BCUT2D eigenvalue weighted by Crippen LogP contribution is 2.15. The summed E-state index contributed by atoms with van der Waals surface area (Å²) in [6, 6.07) is 8.23. The van der Waals surface area contributed by atoms with E-state index in [0.29, 0.717) is 5.92 Å². The molecular weight excluding hydrogens is 174 g/mol. The summed E-state index contributed by atoms with van der Waals surface area (Å²) in [6.45, 7) is 5.61. The van der Waals surface area contributed by atoms with Gasteiger partial charge in [-0.25, -0.2) is 0 Å². The van der Waals surface area contributed by atoms with Gasteiger partial charge < -0.3 is 10.5 Å². The van der Waals surface area contributed by atoms with Gasteiger partial charge >= 0.3 is 0 Å². The third kappa shape index (κ3) is 3.38. The highest BCUT2D eigenvalue weighted by molar-refractivity contribution is 5.28. The van der Waals surface area contributed by atoms with E-state index in [-0.39, 0.29) is 0 Å². The van der Waals surface area contributed by atoms with Crippen molar-refractivity contribution in [1.29, 1.82) is 0 Å². The number of ether oxygens (including phenoxy) is 1. The van der Waals surface area contributed by atoms with E-state index in [2.05, 4.69) is 19.1 Å². The molecule has 0 saturated carbocycles. The van der Waals surface area contributed by atoms with Crippen LogP contribution in [0.3, 0.4) is 0 Å². The lowest BCUT2D eigenvalue weighted by Gasteiger charge is -2.09. The molecule has 1 unspecified atom stereocenters. The summed E-state index contributed by atoms with van der Waals surface area (Å²) in [4.78, 5) is 0. The lowest BCUT2D eigenvalue weighted by Crippen LogP contribution is -2.13. The Kier molecular flexibility index (Phi) is 4.47. The zero-order chi connectivity index (χ0) is 10.4. The van der Waals surface area contributed by atoms with Gasteiger partial charge in [-0.3, -0.25) is 0 Å². The minimum absolute atomic E-state index is 0.534. The van der Waals surface area contributed by atoms with Crippen LogP contribution in [0.1, 0.15) is 19.4 Å². The fourth-order valence-electron chi connectivity index (χ4n) is 1.41. The monoisotopic (exact) mass is 193 g/mol. The second-order valence-corrected chi connectivity index (χ2v) is 3.63. The van der Waals surface area contributed by atoms with Crippen molar-refractivity contribution in [1.82, 2.24) is 0 Å². The van der Waals surface area contributed by atoms with Gasteiger partial charge in [0.05, 0.1) is 6.61 Å². The molecule has 2 heteroatoms. The fourth-order valence-corrected chi connectivity index (χ4v) is 1.41. The summed E-state index contributed by atoms with van der Waals surface area (Å²) in [7, 11) is 0. The topological polar surface area (TPSA) is 35.2 Å². The molecule has 0 fully saturated rings. The average molecular weight is 193 g/mol. The molecule has 0 amide bonds. The molecule has 2 nitrogen and oxygen atoms in total. The normalized spacial score (nSPS) is 12.5. The molecule has 0 heterocycles. The zero-order valence-electron chi connectivity index (χ0n) is 8.99. The summed E-state index contributed by atoms with van der Waals surface area (Å²) >= 11 is 0. The maximum Gasteiger partial charge on any atom is 0.119 e. The van der Waals surface area contributed by atoms with E-state index in [1.165, 1.54) is 5.56 Å². The van der Waals surface area contributed by atoms with E-state index >= 15 is 0 Å². The Balaban J connectivity index is 2.63. The minimum Gasteiger partial charge on any atom is -0.494 e. The first-order valence-corrected chi connectivity index (χ1v) is 5.18. The molecule has 1 aromatic rings. The standard InChI is InChI=1S/C12H19NO/c1-3-14-12-6-4-5-11(8-12)7-10(2)9-13/h4-6,8,10H,3,7,9,13H2,1-2H3. The Labute approximate surface area is 86.1 Å². The Hall–Kier alpha value is -1.02. The Morgan fingerprint density at radius 3 is 2.86 bits per heavy atom. The molecule has 0 saturated heterocycles. The average Bonchev–Trinajstić information content (AvgIpc) is 2.19. The van der Waals surface area contributed by atoms with Crippen LogP contribution in [-0.2, 0) is 6.42 Å². The van der Waals surface area contributed by atoms with Crippen LogP contribution < -0.4 is 10.5 Å². The van der Waals surface area contributed by atoms with E-state index in [4.69, 9.17) is 10.5 Å². The smallest absolute Gasteiger partial charge is 0.119 e. The van der Waals surface area contributed by atoms with Crippen LogP contribution in [0.15, 0.2) is 24.3 Å². The molecule has 0 aliphatic heterocycles. The molecule has 0 aliphatic rings. The van der Waals surface area contributed by atoms with Gasteiger partial charge in [0.25, 0.3) is 0 Å². The number of nitrogens with two attached hydrogens (primary N) is 1. The van der Waals surface area contributed by atoms with Gasteiger partial charge in [0.2, 0.25) is 0 Å². The van der Waals surface area contributed by atoms with E-state index in [1.54, 1.807) is 0 Å². The molecule has 0 aliphatic carbocycles. The van der Waals surface area contributed by atoms with E-state index in [0.717, 1.165) is 25.3 Å². The molecule has 14 heavy (non-hydrogen) atoms. The van der Waals surface area contributed by atoms with Crippen LogP contribution >= 0.6 is 0 Å². The third-order valence-electron chi connectivity index (χ3n) is 2.20. The van der Waals surface area contributed by atoms with Crippen molar-refractivity contribution >= 4 is 0 Å². The van der Waals surface area contributed by atoms with Crippen molar-refractivity contribution in [3.8, 4) is 5.75 Å². The van der Waals surface area contributed by atoms with Crippen molar-refractivity contribution in [2.75, 3.05) is 13.2 Å². The van der Waals surface area contributed by atoms with E-state index in [9.17, 15) is 0 Å². The SMILES string of the molecule is CCOc1cccc(CC(C)CN)c1. The van der Waals surface area contributed by atoms with Gasteiger partial charge in [0, 0.05) is 0 Å². The minimum atomic E-state index is 0.534. The van der Waals surface area contributed by atoms with Crippen molar-refractivity contribution < 1.29 is 4.74 Å². The molecule has 0 bridgehead atoms. The maximum absolute atomic E-state index is 5.59. The Bertz CT molecular complexity index is 273. The summed E-state index contributed by atoms with van der Waals surface area (Å²) < 4.78 is 5.43. The van der Waals surface area contributed by atoms with E-state index < -0.39 is 0 Å². The Morgan fingerprint density at radius 1 is 1.43 bits per heavy atom. The maximum atomic E-state index is 5.59. The molecule has 0 aromatic heterocycles. The summed E-state index contributed by atoms with van der Waals surface area (Å²) in [5.41, 5.74) is 6.89. The molecule has 2 N–H and O–H groups in total. The lowest BCUT2D eigenvalue weighted by molar-refractivity contribution is 0.339. The molecule has 0 radical (unpaired) electrons. The number of rotatable bonds is 5. The summed E-state index contributed by atoms with van der Waals surface area (Å²) in [6.07, 6.45) is 1.03. The summed E-state index contributed by atoms with van der Waals surface area (Å²) in [5, 5.41) is 0. The zero-order valence-corrected chi connectivity index (χ0v) is 8.99. The van der Waals surface area contributed by atoms with Crippen LogP contribution in [0.2, 0.25) is 0 Å². The lowest BCUT2D eigenvalue weighted by atomic mass is 10.0. The van der Waals surface area contributed by atoms with Crippen LogP contribution in [0.4, 0.5) is 0 Å². The van der Waals surface area contributed by atoms with Crippen molar-refractivity contribution in [2.24, 2.45) is 11.7 Å². The van der Waals surface area contributed by atoms with Crippen LogP contribution in [-0.4, -0.2) is 13.2 Å². The molecular formula is C12H19NO. The van der Waals surface area contributed by atoms with Gasteiger partial charge in [0.1, 0.15) is 5.75 Å². The van der Waals surface area contributed by atoms with Crippen LogP contribution in [0, 0.1) is 5.92 Å². The predicted molar refractivity (Wildman–Crippen MR) is 59.5 cm³/mol. The number of hydrogen-bond donors (Lipinski definition) is 1. The largest absolute Gasteiger partial charge is 0.494 e. The van der Waals surface area contributed by atoms with Gasteiger partial charge in [-0.1, -0.05) is 19.1 Å². The Morgan fingerprint density at radius 2 is 2.21 bits per heavy atom. The second-order valence-electron chi connectivity index (χ2n) is 3.63. The van der Waals surface area contributed by atoms with Crippen LogP contribution in [0.25, 0.3) is 0 Å². The predicted octanol–water partition coefficient (Wildman–Crippen LogP) is 2.22. The quantitative estimate of drug-likeness (QED) is 0.778. The molecule has 78 valence electrons. The fraction of sp³-hybridized carbons (Fsp3) is 0.500. The van der Waals surface area contributed by atoms with Crippen molar-refractivity contribution in [3.63, 3.8) is 0 Å². The van der Waals surface area contributed by atoms with Gasteiger partial charge in [0.15, 0.2) is 0 Å². The van der Waals surface area contributed by atoms with Crippen LogP contribution in [0.5, 0.6) is 5.75 Å². The van der Waals surface area contributed by atoms with E-state index in [1.807, 2.05) is 19.1 Å². The number of hydrogen-bond acceptors (Lipinski definition) is 2. The molecule has 1 aromatic carbocycles. The van der Waals surface area contributed by atoms with Crippen molar-refractivity contribution in [3.05, 3.63) is 29.8 Å². The highest BCUT2D eigenvalue weighted by Gasteiger charge is 2.02. The number of benzene rings is 1. The third-order valence-corrected chi connectivity index (χ3v) is 2.20. The van der Waals surface area contributed by atoms with Gasteiger partial charge in [-0.05, 0) is 43.5 Å². The second kappa shape index (κ2) is 5.66. The first kappa shape index (κ1) is 11.1. The first-order valence-electron chi connectivity index (χ1n) is 5.18. The molecule has 1 atom stereocenters. The van der Waals surface area contributed by atoms with Crippen molar-refractivity contribution in [2.45, 2.75) is 20.3 Å². The first-order chi connectivity index (χ1) is 6.76. The molecule has 1 rings (SSSR count). The van der Waals surface area contributed by atoms with Gasteiger partial charge in [-0.15, -0.1) is 0 Å². The molecule has 0 spiro atoms. The van der Waals surface area contributed by atoms with Gasteiger partial charge in [-0.2, -0.15) is 0 Å².